The topological polar surface area (TPSA) is 55.8 Å². The Morgan fingerprint density at radius 3 is 2.71 bits per heavy atom. The summed E-state index contributed by atoms with van der Waals surface area (Å²) >= 11 is 0. The van der Waals surface area contributed by atoms with Crippen LogP contribution in [0.1, 0.15) is 40.0 Å². The SMILES string of the molecule is CC(C(=O)OCCC1=CC[C@H]2C[C@@H]1C2(C)C)C(=O)N1CCOCC1. The molecule has 0 N–H and O–H groups in total. The molecule has 5 nitrogen and oxygen atoms in total. The van der Waals surface area contributed by atoms with Crippen molar-refractivity contribution in [2.45, 2.75) is 40.0 Å². The summed E-state index contributed by atoms with van der Waals surface area (Å²) in [5, 5.41) is 0. The summed E-state index contributed by atoms with van der Waals surface area (Å²) in [7, 11) is 0. The van der Waals surface area contributed by atoms with E-state index >= 15 is 0 Å². The van der Waals surface area contributed by atoms with Gasteiger partial charge in [0.15, 0.2) is 0 Å². The molecule has 1 amide bonds. The number of esters is 1. The van der Waals surface area contributed by atoms with Crippen molar-refractivity contribution in [2.24, 2.45) is 23.2 Å². The molecule has 4 aliphatic rings. The molecule has 1 aliphatic heterocycles. The number of morpholine rings is 1. The smallest absolute Gasteiger partial charge is 0.318 e. The molecule has 5 heteroatoms. The van der Waals surface area contributed by atoms with Gasteiger partial charge in [0.1, 0.15) is 5.92 Å². The van der Waals surface area contributed by atoms with E-state index in [0.29, 0.717) is 44.2 Å². The first-order chi connectivity index (χ1) is 11.4. The number of carbonyl (C=O) groups excluding carboxylic acids is 2. The summed E-state index contributed by atoms with van der Waals surface area (Å²) in [5.41, 5.74) is 1.83. The van der Waals surface area contributed by atoms with Crippen molar-refractivity contribution in [1.82, 2.24) is 4.90 Å². The second-order valence-corrected chi connectivity index (χ2v) is 7.90. The van der Waals surface area contributed by atoms with E-state index < -0.39 is 11.9 Å². The molecule has 1 saturated carbocycles. The van der Waals surface area contributed by atoms with Gasteiger partial charge in [0.2, 0.25) is 5.91 Å². The van der Waals surface area contributed by atoms with E-state index in [2.05, 4.69) is 19.9 Å². The first-order valence-electron chi connectivity index (χ1n) is 9.13. The predicted molar refractivity (Wildman–Crippen MR) is 90.2 cm³/mol. The number of ether oxygens (including phenoxy) is 2. The van der Waals surface area contributed by atoms with Gasteiger partial charge in [0.25, 0.3) is 0 Å². The molecule has 0 aromatic carbocycles. The summed E-state index contributed by atoms with van der Waals surface area (Å²) < 4.78 is 10.6. The summed E-state index contributed by atoms with van der Waals surface area (Å²) in [6, 6.07) is 0. The van der Waals surface area contributed by atoms with Crippen molar-refractivity contribution >= 4 is 11.9 Å². The third-order valence-electron chi connectivity index (χ3n) is 6.26. The molecule has 0 spiro atoms. The Morgan fingerprint density at radius 2 is 2.08 bits per heavy atom. The molecule has 0 aromatic heterocycles. The Balaban J connectivity index is 1.44. The van der Waals surface area contributed by atoms with Crippen molar-refractivity contribution in [3.05, 3.63) is 11.6 Å². The van der Waals surface area contributed by atoms with Gasteiger partial charge in [-0.05, 0) is 37.0 Å². The summed E-state index contributed by atoms with van der Waals surface area (Å²) in [6.45, 7) is 8.90. The zero-order valence-electron chi connectivity index (χ0n) is 15.0. The van der Waals surface area contributed by atoms with Gasteiger partial charge in [0, 0.05) is 19.5 Å². The van der Waals surface area contributed by atoms with Crippen molar-refractivity contribution in [2.75, 3.05) is 32.9 Å². The monoisotopic (exact) mass is 335 g/mol. The highest BCUT2D eigenvalue weighted by atomic mass is 16.5. The molecule has 1 saturated heterocycles. The van der Waals surface area contributed by atoms with Crippen LogP contribution in [0.4, 0.5) is 0 Å². The van der Waals surface area contributed by atoms with Crippen LogP contribution in [0.5, 0.6) is 0 Å². The van der Waals surface area contributed by atoms with Crippen LogP contribution in [0.2, 0.25) is 0 Å². The van der Waals surface area contributed by atoms with Gasteiger partial charge < -0.3 is 14.4 Å². The van der Waals surface area contributed by atoms with Crippen LogP contribution in [0.3, 0.4) is 0 Å². The molecule has 24 heavy (non-hydrogen) atoms. The maximum atomic E-state index is 12.3. The minimum atomic E-state index is -0.729. The molecule has 2 fully saturated rings. The average molecular weight is 335 g/mol. The Morgan fingerprint density at radius 1 is 1.38 bits per heavy atom. The molecule has 134 valence electrons. The molecule has 1 heterocycles. The lowest BCUT2D eigenvalue weighted by Crippen LogP contribution is -2.48. The zero-order valence-corrected chi connectivity index (χ0v) is 15.0. The lowest BCUT2D eigenvalue weighted by molar-refractivity contribution is -0.156. The summed E-state index contributed by atoms with van der Waals surface area (Å²) in [6.07, 6.45) is 5.56. The Labute approximate surface area is 144 Å². The first-order valence-corrected chi connectivity index (χ1v) is 9.13. The number of nitrogens with zero attached hydrogens (tertiary/aromatic N) is 1. The lowest BCUT2D eigenvalue weighted by atomic mass is 9.48. The quantitative estimate of drug-likeness (QED) is 0.440. The Hall–Kier alpha value is -1.36. The second kappa shape index (κ2) is 6.87. The van der Waals surface area contributed by atoms with Gasteiger partial charge in [-0.3, -0.25) is 9.59 Å². The van der Waals surface area contributed by atoms with Crippen molar-refractivity contribution in [1.29, 1.82) is 0 Å². The number of hydrogen-bond donors (Lipinski definition) is 0. The van der Waals surface area contributed by atoms with Crippen molar-refractivity contribution < 1.29 is 19.1 Å². The number of fused-ring (bicyclic) bond motifs is 1. The van der Waals surface area contributed by atoms with Crippen LogP contribution < -0.4 is 0 Å². The van der Waals surface area contributed by atoms with E-state index in [9.17, 15) is 9.59 Å². The van der Waals surface area contributed by atoms with Gasteiger partial charge >= 0.3 is 5.97 Å². The molecule has 1 unspecified atom stereocenters. The minimum Gasteiger partial charge on any atom is -0.465 e. The number of carbonyl (C=O) groups is 2. The zero-order chi connectivity index (χ0) is 17.3. The Kier molecular flexibility index (Phi) is 5.00. The second-order valence-electron chi connectivity index (χ2n) is 7.90. The predicted octanol–water partition coefficient (Wildman–Crippen LogP) is 2.41. The molecule has 0 radical (unpaired) electrons. The largest absolute Gasteiger partial charge is 0.465 e. The van der Waals surface area contributed by atoms with E-state index in [-0.39, 0.29) is 5.91 Å². The summed E-state index contributed by atoms with van der Waals surface area (Å²) in [4.78, 5) is 26.2. The molecule has 0 aromatic rings. The minimum absolute atomic E-state index is 0.150. The van der Waals surface area contributed by atoms with Crippen LogP contribution >= 0.6 is 0 Å². The maximum Gasteiger partial charge on any atom is 0.318 e. The van der Waals surface area contributed by atoms with Gasteiger partial charge in [-0.15, -0.1) is 0 Å². The van der Waals surface area contributed by atoms with Crippen LogP contribution in [-0.2, 0) is 19.1 Å². The molecule has 3 aliphatic carbocycles. The van der Waals surface area contributed by atoms with Crippen LogP contribution in [-0.4, -0.2) is 49.7 Å². The van der Waals surface area contributed by atoms with Gasteiger partial charge in [0.05, 0.1) is 19.8 Å². The van der Waals surface area contributed by atoms with Crippen molar-refractivity contribution in [3.8, 4) is 0 Å². The number of allylic oxidation sites excluding steroid dienone is 1. The fourth-order valence-electron chi connectivity index (χ4n) is 4.31. The number of hydrogen-bond acceptors (Lipinski definition) is 4. The molecular weight excluding hydrogens is 306 g/mol. The van der Waals surface area contributed by atoms with E-state index in [1.807, 2.05) is 0 Å². The molecular formula is C19H29NO4. The third kappa shape index (κ3) is 3.23. The highest BCUT2D eigenvalue weighted by Crippen LogP contribution is 2.59. The van der Waals surface area contributed by atoms with Crippen molar-refractivity contribution in [3.63, 3.8) is 0 Å². The fourth-order valence-corrected chi connectivity index (χ4v) is 4.31. The van der Waals surface area contributed by atoms with Crippen LogP contribution in [0.25, 0.3) is 0 Å². The fraction of sp³-hybridized carbons (Fsp3) is 0.789. The van der Waals surface area contributed by atoms with E-state index in [0.717, 1.165) is 18.8 Å². The normalized spacial score (nSPS) is 29.3. The molecule has 3 atom stereocenters. The standard InChI is InChI=1S/C19H29NO4/c1-13(17(21)20-7-10-23-11-8-20)18(22)24-9-6-14-4-5-15-12-16(14)19(15,2)3/h4,13,15-16H,5-12H2,1-3H3/t13?,15-,16-/m0/s1. The van der Waals surface area contributed by atoms with E-state index in [1.54, 1.807) is 11.8 Å². The van der Waals surface area contributed by atoms with Gasteiger partial charge in [-0.2, -0.15) is 0 Å². The number of amides is 1. The van der Waals surface area contributed by atoms with Gasteiger partial charge in [-0.25, -0.2) is 0 Å². The lowest BCUT2D eigenvalue weighted by Gasteiger charge is -2.56. The van der Waals surface area contributed by atoms with Gasteiger partial charge in [-0.1, -0.05) is 25.5 Å². The third-order valence-corrected chi connectivity index (χ3v) is 6.26. The molecule has 4 rings (SSSR count). The molecule has 2 bridgehead atoms. The first kappa shape index (κ1) is 17.5. The highest BCUT2D eigenvalue weighted by Gasteiger charge is 2.50. The average Bonchev–Trinajstić information content (AvgIpc) is 2.61. The maximum absolute atomic E-state index is 12.3. The van der Waals surface area contributed by atoms with Crippen LogP contribution in [0, 0.1) is 23.2 Å². The number of rotatable bonds is 5. The highest BCUT2D eigenvalue weighted by molar-refractivity contribution is 5.97. The van der Waals surface area contributed by atoms with E-state index in [1.165, 1.54) is 12.0 Å². The van der Waals surface area contributed by atoms with Crippen LogP contribution in [0.15, 0.2) is 11.6 Å². The van der Waals surface area contributed by atoms with E-state index in [4.69, 9.17) is 9.47 Å². The Bertz CT molecular complexity index is 533. The summed E-state index contributed by atoms with van der Waals surface area (Å²) in [5.74, 6) is 0.173.